The molecule has 1 aromatic carbocycles. The Bertz CT molecular complexity index is 366. The SMILES string of the molecule is CCOC(=O)C(C)c1ccc(N)c(Br)c1. The van der Waals surface area contributed by atoms with E-state index in [-0.39, 0.29) is 11.9 Å². The van der Waals surface area contributed by atoms with Gasteiger partial charge in [0, 0.05) is 10.2 Å². The van der Waals surface area contributed by atoms with Gasteiger partial charge in [-0.1, -0.05) is 6.07 Å². The zero-order valence-corrected chi connectivity index (χ0v) is 10.4. The van der Waals surface area contributed by atoms with Gasteiger partial charge in [0.25, 0.3) is 0 Å². The summed E-state index contributed by atoms with van der Waals surface area (Å²) in [4.78, 5) is 11.5. The van der Waals surface area contributed by atoms with Crippen LogP contribution in [0.15, 0.2) is 22.7 Å². The normalized spacial score (nSPS) is 12.2. The first-order chi connectivity index (χ1) is 7.06. The molecule has 2 N–H and O–H groups in total. The molecule has 4 heteroatoms. The maximum Gasteiger partial charge on any atom is 0.313 e. The Balaban J connectivity index is 2.86. The number of nitrogens with two attached hydrogens (primary N) is 1. The van der Waals surface area contributed by atoms with Crippen molar-refractivity contribution in [1.29, 1.82) is 0 Å². The van der Waals surface area contributed by atoms with Crippen LogP contribution in [-0.4, -0.2) is 12.6 Å². The molecular weight excluding hydrogens is 258 g/mol. The predicted molar refractivity (Wildman–Crippen MR) is 63.6 cm³/mol. The van der Waals surface area contributed by atoms with Gasteiger partial charge in [-0.3, -0.25) is 4.79 Å². The minimum Gasteiger partial charge on any atom is -0.466 e. The number of halogens is 1. The molecule has 0 bridgehead atoms. The molecule has 0 heterocycles. The Kier molecular flexibility index (Phi) is 4.15. The third kappa shape index (κ3) is 2.96. The molecule has 1 aromatic rings. The molecule has 1 rings (SSSR count). The van der Waals surface area contributed by atoms with Crippen molar-refractivity contribution in [3.8, 4) is 0 Å². The van der Waals surface area contributed by atoms with E-state index >= 15 is 0 Å². The summed E-state index contributed by atoms with van der Waals surface area (Å²) in [6.45, 7) is 4.01. The van der Waals surface area contributed by atoms with Crippen molar-refractivity contribution >= 4 is 27.6 Å². The fourth-order valence-electron chi connectivity index (χ4n) is 1.22. The van der Waals surface area contributed by atoms with E-state index in [4.69, 9.17) is 10.5 Å². The van der Waals surface area contributed by atoms with E-state index in [0.29, 0.717) is 12.3 Å². The lowest BCUT2D eigenvalue weighted by Gasteiger charge is -2.11. The van der Waals surface area contributed by atoms with Crippen molar-refractivity contribution in [3.05, 3.63) is 28.2 Å². The molecule has 0 aromatic heterocycles. The van der Waals surface area contributed by atoms with Crippen LogP contribution in [0.1, 0.15) is 25.3 Å². The number of anilines is 1. The number of carbonyl (C=O) groups is 1. The molecule has 0 fully saturated rings. The van der Waals surface area contributed by atoms with Crippen LogP contribution < -0.4 is 5.73 Å². The van der Waals surface area contributed by atoms with Gasteiger partial charge in [-0.25, -0.2) is 0 Å². The number of hydrogen-bond acceptors (Lipinski definition) is 3. The Hall–Kier alpha value is -1.03. The van der Waals surface area contributed by atoms with Gasteiger partial charge in [-0.05, 0) is 47.5 Å². The zero-order valence-electron chi connectivity index (χ0n) is 8.79. The number of ether oxygens (including phenoxy) is 1. The van der Waals surface area contributed by atoms with E-state index in [1.807, 2.05) is 19.1 Å². The first-order valence-corrected chi connectivity index (χ1v) is 5.57. The van der Waals surface area contributed by atoms with Crippen molar-refractivity contribution in [2.45, 2.75) is 19.8 Å². The molecule has 15 heavy (non-hydrogen) atoms. The zero-order chi connectivity index (χ0) is 11.4. The molecule has 0 aliphatic heterocycles. The molecule has 0 aliphatic rings. The molecule has 1 atom stereocenters. The average molecular weight is 272 g/mol. The van der Waals surface area contributed by atoms with E-state index < -0.39 is 0 Å². The second-order valence-electron chi connectivity index (χ2n) is 3.25. The minimum absolute atomic E-state index is 0.214. The van der Waals surface area contributed by atoms with Gasteiger partial charge in [-0.2, -0.15) is 0 Å². The molecule has 0 saturated heterocycles. The fourth-order valence-corrected chi connectivity index (χ4v) is 1.61. The molecule has 0 radical (unpaired) electrons. The van der Waals surface area contributed by atoms with Crippen LogP contribution in [0.2, 0.25) is 0 Å². The predicted octanol–water partition coefficient (Wildman–Crippen LogP) is 2.70. The van der Waals surface area contributed by atoms with Gasteiger partial charge in [0.2, 0.25) is 0 Å². The van der Waals surface area contributed by atoms with Crippen LogP contribution in [-0.2, 0) is 9.53 Å². The highest BCUT2D eigenvalue weighted by Crippen LogP contribution is 2.25. The summed E-state index contributed by atoms with van der Waals surface area (Å²) in [7, 11) is 0. The molecule has 0 saturated carbocycles. The van der Waals surface area contributed by atoms with Crippen molar-refractivity contribution in [3.63, 3.8) is 0 Å². The molecule has 82 valence electrons. The summed E-state index contributed by atoms with van der Waals surface area (Å²) in [6.07, 6.45) is 0. The summed E-state index contributed by atoms with van der Waals surface area (Å²) in [5.74, 6) is -0.476. The summed E-state index contributed by atoms with van der Waals surface area (Å²) < 4.78 is 5.74. The fraction of sp³-hybridized carbons (Fsp3) is 0.364. The van der Waals surface area contributed by atoms with Crippen LogP contribution in [0.3, 0.4) is 0 Å². The summed E-state index contributed by atoms with van der Waals surface area (Å²) in [6, 6.07) is 5.45. The first-order valence-electron chi connectivity index (χ1n) is 4.77. The number of hydrogen-bond donors (Lipinski definition) is 1. The third-order valence-electron chi connectivity index (χ3n) is 2.16. The van der Waals surface area contributed by atoms with Gasteiger partial charge in [0.15, 0.2) is 0 Å². The quantitative estimate of drug-likeness (QED) is 0.680. The van der Waals surface area contributed by atoms with Gasteiger partial charge in [0.1, 0.15) is 0 Å². The van der Waals surface area contributed by atoms with Gasteiger partial charge in [0.05, 0.1) is 12.5 Å². The molecule has 3 nitrogen and oxygen atoms in total. The van der Waals surface area contributed by atoms with E-state index in [9.17, 15) is 4.79 Å². The highest BCUT2D eigenvalue weighted by atomic mass is 79.9. The van der Waals surface area contributed by atoms with E-state index in [2.05, 4.69) is 15.9 Å². The van der Waals surface area contributed by atoms with E-state index in [1.165, 1.54) is 0 Å². The largest absolute Gasteiger partial charge is 0.466 e. The summed E-state index contributed by atoms with van der Waals surface area (Å²) in [5.41, 5.74) is 7.22. The van der Waals surface area contributed by atoms with Crippen LogP contribution in [0, 0.1) is 0 Å². The highest BCUT2D eigenvalue weighted by molar-refractivity contribution is 9.10. The smallest absolute Gasteiger partial charge is 0.313 e. The van der Waals surface area contributed by atoms with Crippen molar-refractivity contribution < 1.29 is 9.53 Å². The topological polar surface area (TPSA) is 52.3 Å². The third-order valence-corrected chi connectivity index (χ3v) is 2.85. The number of carbonyl (C=O) groups excluding carboxylic acids is 1. The van der Waals surface area contributed by atoms with E-state index in [0.717, 1.165) is 10.0 Å². The molecule has 0 aliphatic carbocycles. The maximum absolute atomic E-state index is 11.5. The maximum atomic E-state index is 11.5. The van der Waals surface area contributed by atoms with Gasteiger partial charge in [-0.15, -0.1) is 0 Å². The second-order valence-corrected chi connectivity index (χ2v) is 4.11. The first kappa shape index (κ1) is 12.0. The lowest BCUT2D eigenvalue weighted by atomic mass is 10.0. The lowest BCUT2D eigenvalue weighted by molar-refractivity contribution is -0.144. The lowest BCUT2D eigenvalue weighted by Crippen LogP contribution is -2.13. The molecule has 1 unspecified atom stereocenters. The minimum atomic E-state index is -0.262. The number of benzene rings is 1. The van der Waals surface area contributed by atoms with E-state index in [1.54, 1.807) is 13.0 Å². The molecule has 0 amide bonds. The molecular formula is C11H14BrNO2. The number of nitrogen functional groups attached to an aromatic ring is 1. The number of esters is 1. The average Bonchev–Trinajstić information content (AvgIpc) is 2.21. The van der Waals surface area contributed by atoms with Crippen molar-refractivity contribution in [2.24, 2.45) is 0 Å². The Morgan fingerprint density at radius 3 is 2.80 bits per heavy atom. The van der Waals surface area contributed by atoms with Crippen molar-refractivity contribution in [1.82, 2.24) is 0 Å². The van der Waals surface area contributed by atoms with Crippen molar-refractivity contribution in [2.75, 3.05) is 12.3 Å². The Labute approximate surface area is 97.7 Å². The highest BCUT2D eigenvalue weighted by Gasteiger charge is 2.16. The number of rotatable bonds is 3. The van der Waals surface area contributed by atoms with Crippen LogP contribution in [0.4, 0.5) is 5.69 Å². The second kappa shape index (κ2) is 5.16. The van der Waals surface area contributed by atoms with Gasteiger partial charge >= 0.3 is 5.97 Å². The van der Waals surface area contributed by atoms with Crippen LogP contribution >= 0.6 is 15.9 Å². The summed E-state index contributed by atoms with van der Waals surface area (Å²) in [5, 5.41) is 0. The monoisotopic (exact) mass is 271 g/mol. The molecule has 0 spiro atoms. The summed E-state index contributed by atoms with van der Waals surface area (Å²) >= 11 is 3.33. The standard InChI is InChI=1S/C11H14BrNO2/c1-3-15-11(14)7(2)8-4-5-10(13)9(12)6-8/h4-7H,3,13H2,1-2H3. The Morgan fingerprint density at radius 2 is 2.27 bits per heavy atom. The van der Waals surface area contributed by atoms with Crippen LogP contribution in [0.5, 0.6) is 0 Å². The Morgan fingerprint density at radius 1 is 1.60 bits per heavy atom. The van der Waals surface area contributed by atoms with Crippen LogP contribution in [0.25, 0.3) is 0 Å². The van der Waals surface area contributed by atoms with Gasteiger partial charge < -0.3 is 10.5 Å².